The standard InChI is InChI=1S/C16H23BrN2O2/c1-4-5-6-7-13(3)18-19-16(20)11-21-14-8-9-15(17)12(2)10-14/h8-10H,4-7,11H2,1-3H3,(H,19,20)/b18-13+. The smallest absolute Gasteiger partial charge is 0.277 e. The molecular weight excluding hydrogens is 332 g/mol. The van der Waals surface area contributed by atoms with Crippen molar-refractivity contribution in [3.63, 3.8) is 0 Å². The first-order chi connectivity index (χ1) is 10.0. The maximum atomic E-state index is 11.7. The average Bonchev–Trinajstić information content (AvgIpc) is 2.46. The summed E-state index contributed by atoms with van der Waals surface area (Å²) in [4.78, 5) is 11.7. The number of hydrogen-bond acceptors (Lipinski definition) is 3. The molecule has 1 amide bonds. The zero-order valence-electron chi connectivity index (χ0n) is 12.9. The fourth-order valence-corrected chi connectivity index (χ4v) is 1.98. The van der Waals surface area contributed by atoms with E-state index < -0.39 is 0 Å². The minimum atomic E-state index is -0.245. The van der Waals surface area contributed by atoms with Crippen molar-refractivity contribution in [2.75, 3.05) is 6.61 Å². The topological polar surface area (TPSA) is 50.7 Å². The first-order valence-corrected chi connectivity index (χ1v) is 8.03. The van der Waals surface area contributed by atoms with Crippen molar-refractivity contribution in [2.24, 2.45) is 5.10 Å². The third-order valence-electron chi connectivity index (χ3n) is 3.01. The molecule has 1 aromatic carbocycles. The third-order valence-corrected chi connectivity index (χ3v) is 3.90. The minimum Gasteiger partial charge on any atom is -0.484 e. The molecule has 0 aliphatic rings. The summed E-state index contributed by atoms with van der Waals surface area (Å²) in [7, 11) is 0. The van der Waals surface area contributed by atoms with Crippen LogP contribution in [0.15, 0.2) is 27.8 Å². The Bertz CT molecular complexity index is 501. The zero-order valence-corrected chi connectivity index (χ0v) is 14.5. The van der Waals surface area contributed by atoms with Gasteiger partial charge in [-0.05, 0) is 50.5 Å². The summed E-state index contributed by atoms with van der Waals surface area (Å²) in [6, 6.07) is 5.61. The number of amides is 1. The Kier molecular flexibility index (Phi) is 8.05. The number of rotatable bonds is 8. The van der Waals surface area contributed by atoms with E-state index in [0.717, 1.165) is 28.6 Å². The van der Waals surface area contributed by atoms with Gasteiger partial charge in [-0.25, -0.2) is 5.43 Å². The van der Waals surface area contributed by atoms with E-state index in [4.69, 9.17) is 4.74 Å². The lowest BCUT2D eigenvalue weighted by molar-refractivity contribution is -0.123. The number of nitrogens with one attached hydrogen (secondary N) is 1. The summed E-state index contributed by atoms with van der Waals surface area (Å²) in [6.07, 6.45) is 4.39. The Morgan fingerprint density at radius 2 is 2.14 bits per heavy atom. The van der Waals surface area contributed by atoms with Gasteiger partial charge in [-0.15, -0.1) is 0 Å². The SMILES string of the molecule is CCCCC/C(C)=N/NC(=O)COc1ccc(Br)c(C)c1. The van der Waals surface area contributed by atoms with Crippen LogP contribution in [0.4, 0.5) is 0 Å². The number of hydrogen-bond donors (Lipinski definition) is 1. The van der Waals surface area contributed by atoms with Crippen molar-refractivity contribution in [3.8, 4) is 5.75 Å². The van der Waals surface area contributed by atoms with Crippen LogP contribution in [0.2, 0.25) is 0 Å². The summed E-state index contributed by atoms with van der Waals surface area (Å²) in [5.41, 5.74) is 4.53. The Hall–Kier alpha value is -1.36. The Balaban J connectivity index is 2.33. The number of halogens is 1. The molecule has 4 nitrogen and oxygen atoms in total. The van der Waals surface area contributed by atoms with E-state index in [1.54, 1.807) is 0 Å². The molecule has 1 rings (SSSR count). The monoisotopic (exact) mass is 354 g/mol. The normalized spacial score (nSPS) is 11.3. The van der Waals surface area contributed by atoms with Crippen LogP contribution < -0.4 is 10.2 Å². The van der Waals surface area contributed by atoms with Gasteiger partial charge in [0, 0.05) is 10.2 Å². The van der Waals surface area contributed by atoms with Crippen LogP contribution in [0.25, 0.3) is 0 Å². The number of hydrazone groups is 1. The fourth-order valence-electron chi connectivity index (χ4n) is 1.73. The van der Waals surface area contributed by atoms with Crippen molar-refractivity contribution in [1.82, 2.24) is 5.43 Å². The Labute approximate surface area is 135 Å². The van der Waals surface area contributed by atoms with E-state index in [-0.39, 0.29) is 12.5 Å². The number of ether oxygens (including phenoxy) is 1. The number of aryl methyl sites for hydroxylation is 1. The maximum Gasteiger partial charge on any atom is 0.277 e. The second-order valence-corrected chi connectivity index (χ2v) is 5.89. The number of benzene rings is 1. The molecule has 0 saturated heterocycles. The van der Waals surface area contributed by atoms with Crippen LogP contribution in [-0.4, -0.2) is 18.2 Å². The van der Waals surface area contributed by atoms with Gasteiger partial charge in [0.15, 0.2) is 6.61 Å². The molecule has 0 aliphatic carbocycles. The molecule has 0 unspecified atom stereocenters. The molecule has 0 bridgehead atoms. The van der Waals surface area contributed by atoms with E-state index >= 15 is 0 Å². The largest absolute Gasteiger partial charge is 0.484 e. The molecule has 0 saturated carbocycles. The van der Waals surface area contributed by atoms with Crippen LogP contribution in [-0.2, 0) is 4.79 Å². The number of unbranched alkanes of at least 4 members (excludes halogenated alkanes) is 2. The Morgan fingerprint density at radius 1 is 1.38 bits per heavy atom. The van der Waals surface area contributed by atoms with Gasteiger partial charge in [-0.1, -0.05) is 35.7 Å². The maximum absolute atomic E-state index is 11.7. The molecule has 21 heavy (non-hydrogen) atoms. The summed E-state index contributed by atoms with van der Waals surface area (Å²) < 4.78 is 6.45. The lowest BCUT2D eigenvalue weighted by Gasteiger charge is -2.07. The molecule has 0 atom stereocenters. The number of carbonyl (C=O) groups excluding carboxylic acids is 1. The quantitative estimate of drug-likeness (QED) is 0.431. The van der Waals surface area contributed by atoms with E-state index in [0.29, 0.717) is 5.75 Å². The van der Waals surface area contributed by atoms with Crippen LogP contribution in [0.5, 0.6) is 5.75 Å². The van der Waals surface area contributed by atoms with E-state index in [1.807, 2.05) is 32.0 Å². The van der Waals surface area contributed by atoms with E-state index in [9.17, 15) is 4.79 Å². The van der Waals surface area contributed by atoms with Gasteiger partial charge in [-0.2, -0.15) is 5.10 Å². The van der Waals surface area contributed by atoms with Crippen molar-refractivity contribution >= 4 is 27.5 Å². The highest BCUT2D eigenvalue weighted by Crippen LogP contribution is 2.21. The second-order valence-electron chi connectivity index (χ2n) is 5.04. The summed E-state index contributed by atoms with van der Waals surface area (Å²) in [6.45, 7) is 6.03. The first kappa shape index (κ1) is 17.7. The highest BCUT2D eigenvalue weighted by molar-refractivity contribution is 9.10. The molecule has 0 spiro atoms. The molecule has 0 fully saturated rings. The predicted octanol–water partition coefficient (Wildman–Crippen LogP) is 4.21. The highest BCUT2D eigenvalue weighted by atomic mass is 79.9. The van der Waals surface area contributed by atoms with Crippen LogP contribution >= 0.6 is 15.9 Å². The lowest BCUT2D eigenvalue weighted by atomic mass is 10.1. The molecule has 1 aromatic rings. The van der Waals surface area contributed by atoms with Crippen molar-refractivity contribution in [3.05, 3.63) is 28.2 Å². The van der Waals surface area contributed by atoms with Crippen LogP contribution in [0, 0.1) is 6.92 Å². The van der Waals surface area contributed by atoms with Gasteiger partial charge in [0.25, 0.3) is 5.91 Å². The number of carbonyl (C=O) groups is 1. The molecule has 0 heterocycles. The molecule has 0 radical (unpaired) electrons. The lowest BCUT2D eigenvalue weighted by Crippen LogP contribution is -2.25. The second kappa shape index (κ2) is 9.55. The third kappa shape index (κ3) is 7.27. The molecular formula is C16H23BrN2O2. The summed E-state index contributed by atoms with van der Waals surface area (Å²) in [5, 5.41) is 4.07. The van der Waals surface area contributed by atoms with Crippen LogP contribution in [0.3, 0.4) is 0 Å². The van der Waals surface area contributed by atoms with Crippen molar-refractivity contribution in [1.29, 1.82) is 0 Å². The average molecular weight is 355 g/mol. The fraction of sp³-hybridized carbons (Fsp3) is 0.500. The van der Waals surface area contributed by atoms with Crippen LogP contribution in [0.1, 0.15) is 45.1 Å². The van der Waals surface area contributed by atoms with Gasteiger partial charge in [-0.3, -0.25) is 4.79 Å². The van der Waals surface area contributed by atoms with Crippen molar-refractivity contribution in [2.45, 2.75) is 46.5 Å². The molecule has 1 N–H and O–H groups in total. The van der Waals surface area contributed by atoms with Gasteiger partial charge in [0.1, 0.15) is 5.75 Å². The van der Waals surface area contributed by atoms with E-state index in [1.165, 1.54) is 12.8 Å². The van der Waals surface area contributed by atoms with Gasteiger partial charge < -0.3 is 4.74 Å². The highest BCUT2D eigenvalue weighted by Gasteiger charge is 2.03. The molecule has 0 aliphatic heterocycles. The van der Waals surface area contributed by atoms with E-state index in [2.05, 4.69) is 33.4 Å². The predicted molar refractivity (Wildman–Crippen MR) is 89.8 cm³/mol. The zero-order chi connectivity index (χ0) is 15.7. The summed E-state index contributed by atoms with van der Waals surface area (Å²) in [5.74, 6) is 0.430. The summed E-state index contributed by atoms with van der Waals surface area (Å²) >= 11 is 3.42. The van der Waals surface area contributed by atoms with Crippen molar-refractivity contribution < 1.29 is 9.53 Å². The first-order valence-electron chi connectivity index (χ1n) is 7.24. The van der Waals surface area contributed by atoms with Gasteiger partial charge in [0.2, 0.25) is 0 Å². The molecule has 116 valence electrons. The number of nitrogens with zero attached hydrogens (tertiary/aromatic N) is 1. The van der Waals surface area contributed by atoms with Gasteiger partial charge >= 0.3 is 0 Å². The molecule has 0 aromatic heterocycles. The minimum absolute atomic E-state index is 0.0349. The van der Waals surface area contributed by atoms with Gasteiger partial charge in [0.05, 0.1) is 0 Å². The Morgan fingerprint density at radius 3 is 2.81 bits per heavy atom. The molecule has 5 heteroatoms.